The van der Waals surface area contributed by atoms with Crippen LogP contribution in [0.5, 0.6) is 0 Å². The maximum Gasteiger partial charge on any atom is 0.266 e. The molecule has 2 aliphatic heterocycles. The van der Waals surface area contributed by atoms with Crippen molar-refractivity contribution in [3.05, 3.63) is 89.1 Å². The summed E-state index contributed by atoms with van der Waals surface area (Å²) in [6, 6.07) is 13.2. The minimum Gasteiger partial charge on any atom is -0.389 e. The number of nitrogens with two attached hydrogens (primary N) is 1. The molecular weight excluding hydrogens is 447 g/mol. The largest absolute Gasteiger partial charge is 0.389 e. The Morgan fingerprint density at radius 2 is 1.89 bits per heavy atom. The van der Waals surface area contributed by atoms with E-state index in [2.05, 4.69) is 16.9 Å². The average Bonchev–Trinajstić information content (AvgIpc) is 3.14. The number of halogens is 1. The molecule has 0 aliphatic carbocycles. The highest BCUT2D eigenvalue weighted by molar-refractivity contribution is 6.12. The molecule has 1 amide bonds. The lowest BCUT2D eigenvalue weighted by atomic mass is 10.0. The van der Waals surface area contributed by atoms with Crippen LogP contribution in [-0.2, 0) is 11.3 Å². The lowest BCUT2D eigenvalue weighted by Crippen LogP contribution is -2.51. The van der Waals surface area contributed by atoms with Gasteiger partial charge in [-0.15, -0.1) is 0 Å². The van der Waals surface area contributed by atoms with Gasteiger partial charge in [0.1, 0.15) is 17.2 Å². The van der Waals surface area contributed by atoms with Crippen LogP contribution in [0.1, 0.15) is 38.0 Å². The number of hydrazine groups is 1. The fraction of sp³-hybridized carbons (Fsp3) is 0.308. The molecule has 0 aromatic heterocycles. The molecule has 0 spiro atoms. The number of fused-ring (bicyclic) bond motifs is 1. The lowest BCUT2D eigenvalue weighted by Gasteiger charge is -2.37. The monoisotopic (exact) mass is 478 g/mol. The van der Waals surface area contributed by atoms with Crippen molar-refractivity contribution in [3.63, 3.8) is 0 Å². The van der Waals surface area contributed by atoms with Gasteiger partial charge in [-0.05, 0) is 56.2 Å². The van der Waals surface area contributed by atoms with Crippen LogP contribution in [-0.4, -0.2) is 50.9 Å². The number of aliphatic imine (C=N–C) groups is 1. The van der Waals surface area contributed by atoms with Crippen molar-refractivity contribution in [1.82, 2.24) is 14.8 Å². The summed E-state index contributed by atoms with van der Waals surface area (Å²) in [5.41, 5.74) is 2.65. The van der Waals surface area contributed by atoms with Crippen molar-refractivity contribution in [1.29, 1.82) is 0 Å². The van der Waals surface area contributed by atoms with Crippen molar-refractivity contribution in [3.8, 4) is 0 Å². The second-order valence-electron chi connectivity index (χ2n) is 9.52. The first-order chi connectivity index (χ1) is 16.5. The zero-order valence-electron chi connectivity index (χ0n) is 20.4. The summed E-state index contributed by atoms with van der Waals surface area (Å²) in [5, 5.41) is 14.4. The van der Waals surface area contributed by atoms with Crippen LogP contribution >= 0.6 is 0 Å². The summed E-state index contributed by atoms with van der Waals surface area (Å²) in [5.74, 6) is 6.76. The predicted octanol–water partition coefficient (Wildman–Crippen LogP) is 3.31. The molecule has 2 aromatic carbocycles. The Morgan fingerprint density at radius 3 is 2.49 bits per heavy atom. The number of carbonyl (C=O) groups is 1. The molecule has 0 saturated carbocycles. The molecule has 1 atom stereocenters. The number of rotatable bonds is 6. The summed E-state index contributed by atoms with van der Waals surface area (Å²) in [6.07, 6.45) is -0.574. The van der Waals surface area contributed by atoms with Gasteiger partial charge in [0.05, 0.1) is 30.4 Å². The van der Waals surface area contributed by atoms with Crippen LogP contribution in [0, 0.1) is 5.82 Å². The maximum absolute atomic E-state index is 13.5. The summed E-state index contributed by atoms with van der Waals surface area (Å²) < 4.78 is 13.5. The van der Waals surface area contributed by atoms with Crippen molar-refractivity contribution >= 4 is 17.6 Å². The number of carbonyl (C=O) groups excluding carboxylic acids is 1. The van der Waals surface area contributed by atoms with E-state index in [1.54, 1.807) is 26.1 Å². The van der Waals surface area contributed by atoms with E-state index in [0.717, 1.165) is 11.1 Å². The number of aliphatic hydroxyl groups excluding tert-OH is 1. The Labute approximate surface area is 204 Å². The van der Waals surface area contributed by atoms with E-state index in [1.165, 1.54) is 22.0 Å². The molecule has 1 unspecified atom stereocenters. The number of hydrogen-bond acceptors (Lipinski definition) is 7. The summed E-state index contributed by atoms with van der Waals surface area (Å²) in [6.45, 7) is 10.7. The Morgan fingerprint density at radius 1 is 1.26 bits per heavy atom. The molecule has 4 rings (SSSR count). The van der Waals surface area contributed by atoms with Gasteiger partial charge in [0.25, 0.3) is 5.91 Å². The van der Waals surface area contributed by atoms with Crippen LogP contribution in [0.15, 0.2) is 77.2 Å². The third-order valence-electron chi connectivity index (χ3n) is 6.07. The van der Waals surface area contributed by atoms with E-state index in [9.17, 15) is 14.3 Å². The number of likely N-dealkylation sites (N-methyl/N-ethyl adjacent to an activating group) is 1. The summed E-state index contributed by atoms with van der Waals surface area (Å²) >= 11 is 0. The lowest BCUT2D eigenvalue weighted by molar-refractivity contribution is -0.123. The van der Waals surface area contributed by atoms with Crippen LogP contribution in [0.4, 0.5) is 10.1 Å². The average molecular weight is 479 g/mol. The van der Waals surface area contributed by atoms with E-state index in [1.807, 2.05) is 43.0 Å². The molecule has 9 heteroatoms. The molecule has 2 heterocycles. The molecule has 35 heavy (non-hydrogen) atoms. The highest BCUT2D eigenvalue weighted by Gasteiger charge is 2.44. The van der Waals surface area contributed by atoms with Crippen molar-refractivity contribution in [2.24, 2.45) is 10.8 Å². The first kappa shape index (κ1) is 24.4. The smallest absolute Gasteiger partial charge is 0.266 e. The number of nitrogens with one attached hydrogen (secondary N) is 1. The number of hydrogen-bond donors (Lipinski definition) is 3. The van der Waals surface area contributed by atoms with Gasteiger partial charge in [-0.1, -0.05) is 30.8 Å². The normalized spacial score (nSPS) is 19.3. The fourth-order valence-corrected chi connectivity index (χ4v) is 4.18. The van der Waals surface area contributed by atoms with Crippen molar-refractivity contribution in [2.45, 2.75) is 39.0 Å². The predicted molar refractivity (Wildman–Crippen MR) is 134 cm³/mol. The quantitative estimate of drug-likeness (QED) is 0.335. The second-order valence-corrected chi connectivity index (χ2v) is 9.52. The molecule has 1 fully saturated rings. The minimum atomic E-state index is -0.574. The van der Waals surface area contributed by atoms with E-state index >= 15 is 0 Å². The van der Waals surface area contributed by atoms with E-state index in [-0.39, 0.29) is 23.8 Å². The summed E-state index contributed by atoms with van der Waals surface area (Å²) in [4.78, 5) is 21.6. The SMILES string of the molecule is C=C1/C(=C(/Nc2ccc(F)cc2)N(N)Cc2ccc(C(C)O)cc2)C(=O)N(C)C2=NC(C)(C)CN12. The van der Waals surface area contributed by atoms with Gasteiger partial charge in [-0.25, -0.2) is 15.2 Å². The maximum atomic E-state index is 13.5. The second kappa shape index (κ2) is 9.16. The van der Waals surface area contributed by atoms with Gasteiger partial charge in [0, 0.05) is 12.7 Å². The topological polar surface area (TPSA) is 97.4 Å². The Hall–Kier alpha value is -3.69. The first-order valence-electron chi connectivity index (χ1n) is 11.4. The van der Waals surface area contributed by atoms with Crippen molar-refractivity contribution < 1.29 is 14.3 Å². The Bertz CT molecular complexity index is 1200. The third kappa shape index (κ3) is 4.91. The molecule has 8 nitrogen and oxygen atoms in total. The highest BCUT2D eigenvalue weighted by Crippen LogP contribution is 2.34. The molecular formula is C26H31FN6O2. The summed E-state index contributed by atoms with van der Waals surface area (Å²) in [7, 11) is 1.67. The minimum absolute atomic E-state index is 0.268. The van der Waals surface area contributed by atoms with Crippen LogP contribution in [0.2, 0.25) is 0 Å². The Balaban J connectivity index is 1.74. The van der Waals surface area contributed by atoms with Crippen LogP contribution < -0.4 is 11.2 Å². The molecule has 0 radical (unpaired) electrons. The fourth-order valence-electron chi connectivity index (χ4n) is 4.18. The van der Waals surface area contributed by atoms with Gasteiger partial charge < -0.3 is 15.3 Å². The number of nitrogens with zero attached hydrogens (tertiary/aromatic N) is 4. The number of amides is 1. The van der Waals surface area contributed by atoms with E-state index in [0.29, 0.717) is 35.3 Å². The first-order valence-corrected chi connectivity index (χ1v) is 11.4. The third-order valence-corrected chi connectivity index (χ3v) is 6.07. The van der Waals surface area contributed by atoms with Gasteiger partial charge in [0.2, 0.25) is 5.96 Å². The molecule has 1 saturated heterocycles. The van der Waals surface area contributed by atoms with Gasteiger partial charge in [0.15, 0.2) is 0 Å². The molecule has 2 aliphatic rings. The number of guanidine groups is 1. The van der Waals surface area contributed by atoms with Gasteiger partial charge >= 0.3 is 0 Å². The standard InChI is InChI=1S/C26H31FN6O2/c1-16-22(24(35)31(5)25-30-26(3,4)15-32(16)25)23(29-21-12-10-20(27)11-13-21)33(28)14-18-6-8-19(9-7-18)17(2)34/h6-13,17,29,34H,1,14-15,28H2,2-5H3/b23-22+. The van der Waals surface area contributed by atoms with Crippen LogP contribution in [0.25, 0.3) is 0 Å². The van der Waals surface area contributed by atoms with Gasteiger partial charge in [-0.3, -0.25) is 14.7 Å². The van der Waals surface area contributed by atoms with Crippen molar-refractivity contribution in [2.75, 3.05) is 18.9 Å². The Kier molecular flexibility index (Phi) is 6.40. The molecule has 184 valence electrons. The zero-order chi connectivity index (χ0) is 25.5. The molecule has 0 bridgehead atoms. The van der Waals surface area contributed by atoms with Crippen LogP contribution in [0.3, 0.4) is 0 Å². The highest BCUT2D eigenvalue weighted by atomic mass is 19.1. The number of anilines is 1. The van der Waals surface area contributed by atoms with E-state index in [4.69, 9.17) is 5.84 Å². The molecule has 4 N–H and O–H groups in total. The number of aliphatic hydroxyl groups is 1. The van der Waals surface area contributed by atoms with Gasteiger partial charge in [-0.2, -0.15) is 0 Å². The van der Waals surface area contributed by atoms with E-state index < -0.39 is 6.10 Å². The molecule has 2 aromatic rings. The number of benzene rings is 2. The zero-order valence-corrected chi connectivity index (χ0v) is 20.4.